The van der Waals surface area contributed by atoms with Gasteiger partial charge >= 0.3 is 0 Å². The average Bonchev–Trinajstić information content (AvgIpc) is 3.04. The van der Waals surface area contributed by atoms with Crippen molar-refractivity contribution in [2.45, 2.75) is 52.4 Å². The zero-order chi connectivity index (χ0) is 35.4. The van der Waals surface area contributed by atoms with Crippen LogP contribution in [0, 0.1) is 0 Å². The molecule has 48 heavy (non-hydrogen) atoms. The lowest BCUT2D eigenvalue weighted by atomic mass is 9.85. The van der Waals surface area contributed by atoms with Crippen molar-refractivity contribution < 1.29 is 34.8 Å². The fourth-order valence-electron chi connectivity index (χ4n) is 4.99. The molecule has 0 fully saturated rings. The molecule has 5 rings (SSSR count). The molecule has 4 N–H and O–H groups in total. The van der Waals surface area contributed by atoms with Gasteiger partial charge in [-0.25, -0.2) is 0 Å². The van der Waals surface area contributed by atoms with Crippen molar-refractivity contribution >= 4 is 17.3 Å². The molecule has 0 aliphatic carbocycles. The summed E-state index contributed by atoms with van der Waals surface area (Å²) in [7, 11) is 0. The predicted molar refractivity (Wildman–Crippen MR) is 187 cm³/mol. The van der Waals surface area contributed by atoms with Crippen molar-refractivity contribution in [2.75, 3.05) is 0 Å². The summed E-state index contributed by atoms with van der Waals surface area (Å²) in [6.45, 7) is 12.5. The van der Waals surface area contributed by atoms with Crippen molar-refractivity contribution in [3.8, 4) is 23.0 Å². The number of carbonyl (C=O) groups excluding carboxylic acids is 3. The van der Waals surface area contributed by atoms with Gasteiger partial charge in [0.2, 0.25) is 0 Å². The van der Waals surface area contributed by atoms with Gasteiger partial charge in [-0.3, -0.25) is 14.4 Å². The lowest BCUT2D eigenvalue weighted by Crippen LogP contribution is -2.12. The summed E-state index contributed by atoms with van der Waals surface area (Å²) < 4.78 is 0. The minimum atomic E-state index is -0.417. The minimum absolute atomic E-state index is 0.0269. The summed E-state index contributed by atoms with van der Waals surface area (Å²) in [6.07, 6.45) is 0. The van der Waals surface area contributed by atoms with E-state index in [0.717, 1.165) is 17.2 Å². The van der Waals surface area contributed by atoms with Crippen LogP contribution in [0.2, 0.25) is 0 Å². The molecule has 0 saturated carbocycles. The van der Waals surface area contributed by atoms with Crippen LogP contribution in [0.1, 0.15) is 100 Å². The number of aromatic hydroxyl groups is 4. The first-order valence-corrected chi connectivity index (χ1v) is 15.5. The molecule has 7 heteroatoms. The Labute approximate surface area is 280 Å². The monoisotopic (exact) mass is 644 g/mol. The highest BCUT2D eigenvalue weighted by atomic mass is 16.3. The van der Waals surface area contributed by atoms with Gasteiger partial charge in [0.1, 0.15) is 28.6 Å². The second-order valence-corrected chi connectivity index (χ2v) is 13.6. The van der Waals surface area contributed by atoms with Crippen molar-refractivity contribution in [1.29, 1.82) is 0 Å². The number of ketones is 3. The lowest BCUT2D eigenvalue weighted by Gasteiger charge is -2.19. The smallest absolute Gasteiger partial charge is 0.200 e. The van der Waals surface area contributed by atoms with Crippen molar-refractivity contribution in [3.63, 3.8) is 0 Å². The van der Waals surface area contributed by atoms with E-state index in [1.807, 2.05) is 24.3 Å². The van der Waals surface area contributed by atoms with Gasteiger partial charge in [0, 0.05) is 22.8 Å². The van der Waals surface area contributed by atoms with E-state index in [2.05, 4.69) is 41.5 Å². The molecule has 0 aliphatic heterocycles. The maximum Gasteiger partial charge on any atom is 0.200 e. The Morgan fingerprint density at radius 1 is 0.417 bits per heavy atom. The van der Waals surface area contributed by atoms with E-state index < -0.39 is 17.3 Å². The van der Waals surface area contributed by atoms with E-state index in [9.17, 15) is 34.8 Å². The average molecular weight is 645 g/mol. The molecule has 0 aliphatic rings. The Balaban J connectivity index is 0.000000271. The fourth-order valence-corrected chi connectivity index (χ4v) is 4.99. The highest BCUT2D eigenvalue weighted by Crippen LogP contribution is 2.32. The van der Waals surface area contributed by atoms with Crippen LogP contribution in [-0.4, -0.2) is 37.8 Å². The Morgan fingerprint density at radius 3 is 1.17 bits per heavy atom. The molecule has 0 amide bonds. The first-order valence-electron chi connectivity index (χ1n) is 15.5. The maximum atomic E-state index is 13.1. The van der Waals surface area contributed by atoms with E-state index in [-0.39, 0.29) is 50.5 Å². The normalized spacial score (nSPS) is 11.3. The Kier molecular flexibility index (Phi) is 10.2. The number of benzene rings is 5. The molecule has 7 nitrogen and oxygen atoms in total. The number of phenolic OH excluding ortho intramolecular Hbond substituents is 4. The Morgan fingerprint density at radius 2 is 0.792 bits per heavy atom. The second kappa shape index (κ2) is 14.0. The molecule has 0 bridgehead atoms. The SMILES string of the molecule is CC(C)(C)c1ccc(C(=O)c2cc(C(=O)c3ccc(C(C)(C)C)cc3)c(O)cc2O)cc1.O=C(c1ccccc1)c1c(O)cccc1O. The molecule has 0 spiro atoms. The van der Waals surface area contributed by atoms with Crippen LogP contribution in [0.5, 0.6) is 23.0 Å². The third kappa shape index (κ3) is 7.99. The molecule has 0 aromatic heterocycles. The molecule has 0 unspecified atom stereocenters. The zero-order valence-electron chi connectivity index (χ0n) is 27.9. The topological polar surface area (TPSA) is 132 Å². The van der Waals surface area contributed by atoms with Gasteiger partial charge in [0.05, 0.1) is 11.1 Å². The molecule has 0 radical (unpaired) electrons. The minimum Gasteiger partial charge on any atom is -0.507 e. The van der Waals surface area contributed by atoms with Crippen LogP contribution >= 0.6 is 0 Å². The van der Waals surface area contributed by atoms with Gasteiger partial charge in [-0.05, 0) is 40.2 Å². The van der Waals surface area contributed by atoms with Crippen LogP contribution in [0.3, 0.4) is 0 Å². The van der Waals surface area contributed by atoms with E-state index in [0.29, 0.717) is 16.7 Å². The third-order valence-electron chi connectivity index (χ3n) is 7.91. The summed E-state index contributed by atoms with van der Waals surface area (Å²) in [5.74, 6) is -2.39. The van der Waals surface area contributed by atoms with Gasteiger partial charge in [0.15, 0.2) is 17.3 Å². The van der Waals surface area contributed by atoms with E-state index >= 15 is 0 Å². The van der Waals surface area contributed by atoms with Gasteiger partial charge in [-0.2, -0.15) is 0 Å². The molecular formula is C41H40O7. The van der Waals surface area contributed by atoms with Gasteiger partial charge in [0.25, 0.3) is 0 Å². The standard InChI is InChI=1S/C28H30O4.C13H10O3/c1-27(2,3)19-11-7-17(8-12-19)25(31)21-15-22(24(30)16-23(21)29)26(32)18-9-13-20(14-10-18)28(4,5)6;14-10-7-4-8-11(15)12(10)13(16)9-5-2-1-3-6-9/h7-16,29-30H,1-6H3;1-8,14-15H. The van der Waals surface area contributed by atoms with Crippen LogP contribution in [-0.2, 0) is 10.8 Å². The van der Waals surface area contributed by atoms with Crippen molar-refractivity contribution in [1.82, 2.24) is 0 Å². The van der Waals surface area contributed by atoms with Gasteiger partial charge < -0.3 is 20.4 Å². The van der Waals surface area contributed by atoms with Gasteiger partial charge in [-0.15, -0.1) is 0 Å². The number of phenols is 4. The number of carbonyl (C=O) groups is 3. The molecule has 0 atom stereocenters. The second-order valence-electron chi connectivity index (χ2n) is 13.6. The molecular weight excluding hydrogens is 604 g/mol. The fraction of sp³-hybridized carbons (Fsp3) is 0.195. The highest BCUT2D eigenvalue weighted by molar-refractivity contribution is 6.15. The molecule has 5 aromatic carbocycles. The van der Waals surface area contributed by atoms with Crippen LogP contribution in [0.4, 0.5) is 0 Å². The first-order chi connectivity index (χ1) is 22.5. The van der Waals surface area contributed by atoms with Crippen LogP contribution in [0.25, 0.3) is 0 Å². The lowest BCUT2D eigenvalue weighted by molar-refractivity contribution is 0.102. The number of rotatable bonds is 6. The summed E-state index contributed by atoms with van der Waals surface area (Å²) in [5, 5.41) is 39.7. The Hall–Kier alpha value is -5.69. The van der Waals surface area contributed by atoms with Crippen molar-refractivity contribution in [2.24, 2.45) is 0 Å². The summed E-state index contributed by atoms with van der Waals surface area (Å²) >= 11 is 0. The molecule has 246 valence electrons. The van der Waals surface area contributed by atoms with Gasteiger partial charge in [-0.1, -0.05) is 126 Å². The summed E-state index contributed by atoms with van der Waals surface area (Å²) in [5.41, 5.74) is 3.17. The predicted octanol–water partition coefficient (Wildman–Crippen LogP) is 8.48. The van der Waals surface area contributed by atoms with Crippen LogP contribution < -0.4 is 0 Å². The van der Waals surface area contributed by atoms with Crippen LogP contribution in [0.15, 0.2) is 109 Å². The molecule has 5 aromatic rings. The summed E-state index contributed by atoms with van der Waals surface area (Å²) in [6, 6.07) is 29.4. The molecule has 0 heterocycles. The van der Waals surface area contributed by atoms with E-state index in [1.54, 1.807) is 54.6 Å². The first kappa shape index (κ1) is 35.2. The summed E-state index contributed by atoms with van der Waals surface area (Å²) in [4.78, 5) is 38.1. The quantitative estimate of drug-likeness (QED) is 0.136. The highest BCUT2D eigenvalue weighted by Gasteiger charge is 2.23. The third-order valence-corrected chi connectivity index (χ3v) is 7.91. The largest absolute Gasteiger partial charge is 0.507 e. The number of hydrogen-bond donors (Lipinski definition) is 4. The van der Waals surface area contributed by atoms with E-state index in [4.69, 9.17) is 0 Å². The number of hydrogen-bond acceptors (Lipinski definition) is 7. The maximum absolute atomic E-state index is 13.1. The van der Waals surface area contributed by atoms with Crippen molar-refractivity contribution in [3.05, 3.63) is 154 Å². The molecule has 0 saturated heterocycles. The van der Waals surface area contributed by atoms with E-state index in [1.165, 1.54) is 24.3 Å². The zero-order valence-corrected chi connectivity index (χ0v) is 27.9. The Bertz CT molecular complexity index is 1830.